The molecule has 0 rings (SSSR count). The molecule has 0 aromatic carbocycles. The maximum absolute atomic E-state index is 2.31. The highest BCUT2D eigenvalue weighted by Crippen LogP contribution is 2.16. The quantitative estimate of drug-likeness (QED) is 0.0821. The summed E-state index contributed by atoms with van der Waals surface area (Å²) in [6.07, 6.45) is 41.7. The minimum Gasteiger partial charge on any atom is -0.101 e. The van der Waals surface area contributed by atoms with Crippen molar-refractivity contribution in [2.24, 2.45) is 0 Å². The average molecular weight is 451 g/mol. The van der Waals surface area contributed by atoms with Crippen LogP contribution in [0.4, 0.5) is 0 Å². The zero-order chi connectivity index (χ0) is 22.5. The van der Waals surface area contributed by atoms with Crippen molar-refractivity contribution >= 4 is 16.3 Å². The van der Waals surface area contributed by atoms with Gasteiger partial charge in [-0.2, -0.15) is 0 Å². The van der Waals surface area contributed by atoms with Gasteiger partial charge < -0.3 is 0 Å². The Labute approximate surface area is 207 Å². The molecule has 0 saturated heterocycles. The highest BCUT2D eigenvalue weighted by molar-refractivity contribution is 6.08. The van der Waals surface area contributed by atoms with Crippen molar-refractivity contribution in [1.29, 1.82) is 0 Å². The van der Waals surface area contributed by atoms with Crippen LogP contribution in [0.15, 0.2) is 0 Å². The standard InChI is InChI=1S/C30H61.Al.2H/c1-3-5-7-9-11-13-15-17-19-21-23-25-27-29-30-28-26-24-22-20-18-16-14-12-10-8-6-4-2;;;/h1,3-30H2,2H3;;;. The van der Waals surface area contributed by atoms with E-state index in [2.05, 4.69) is 6.92 Å². The molecule has 0 radical (unpaired) electrons. The van der Waals surface area contributed by atoms with Crippen molar-refractivity contribution in [3.8, 4) is 0 Å². The molecule has 0 fully saturated rings. The van der Waals surface area contributed by atoms with Crippen molar-refractivity contribution in [2.45, 2.75) is 192 Å². The first-order valence-electron chi connectivity index (χ1n) is 15.4. The molecule has 1 heteroatoms. The fourth-order valence-corrected chi connectivity index (χ4v) is 5.42. The highest BCUT2D eigenvalue weighted by Gasteiger charge is 1.96. The van der Waals surface area contributed by atoms with E-state index in [1.165, 1.54) is 201 Å². The predicted octanol–water partition coefficient (Wildman–Crippen LogP) is 11.0. The Kier molecular flexibility index (Phi) is 31.1. The van der Waals surface area contributed by atoms with Gasteiger partial charge in [0.2, 0.25) is 16.3 Å². The second kappa shape index (κ2) is 30.5. The van der Waals surface area contributed by atoms with Gasteiger partial charge in [0, 0.05) is 0 Å². The third-order valence-corrected chi connectivity index (χ3v) is 7.91. The summed E-state index contributed by atoms with van der Waals surface area (Å²) in [7, 11) is 0. The van der Waals surface area contributed by atoms with E-state index < -0.39 is 0 Å². The molecule has 0 saturated carbocycles. The number of rotatable bonds is 28. The smallest absolute Gasteiger partial charge is 0.101 e. The summed E-state index contributed by atoms with van der Waals surface area (Å²) >= 11 is 1.41. The van der Waals surface area contributed by atoms with Gasteiger partial charge in [-0.15, -0.1) is 5.28 Å². The topological polar surface area (TPSA) is 0 Å². The maximum Gasteiger partial charge on any atom is 0.211 e. The van der Waals surface area contributed by atoms with Crippen molar-refractivity contribution < 1.29 is 0 Å². The molecule has 0 aromatic heterocycles. The molecule has 31 heavy (non-hydrogen) atoms. The molecule has 0 heterocycles. The summed E-state index contributed by atoms with van der Waals surface area (Å²) in [6.45, 7) is 2.31. The molecule has 0 unspecified atom stereocenters. The normalized spacial score (nSPS) is 11.4. The van der Waals surface area contributed by atoms with Crippen LogP contribution in [0, 0.1) is 0 Å². The van der Waals surface area contributed by atoms with Crippen LogP contribution >= 0.6 is 0 Å². The molecular formula is C30H63Al. The van der Waals surface area contributed by atoms with Gasteiger partial charge in [-0.05, 0) is 0 Å². The Bertz CT molecular complexity index is 260. The second-order valence-corrected chi connectivity index (χ2v) is 11.5. The van der Waals surface area contributed by atoms with Gasteiger partial charge in [0.05, 0.1) is 0 Å². The molecule has 0 bridgehead atoms. The summed E-state index contributed by atoms with van der Waals surface area (Å²) in [5.74, 6) is 0. The van der Waals surface area contributed by atoms with Crippen LogP contribution in [-0.4, -0.2) is 16.3 Å². The van der Waals surface area contributed by atoms with Gasteiger partial charge in [0.15, 0.2) is 0 Å². The largest absolute Gasteiger partial charge is 0.211 e. The van der Waals surface area contributed by atoms with E-state index in [1.54, 1.807) is 0 Å². The van der Waals surface area contributed by atoms with Crippen molar-refractivity contribution in [3.05, 3.63) is 0 Å². The van der Waals surface area contributed by atoms with Crippen LogP contribution < -0.4 is 0 Å². The lowest BCUT2D eigenvalue weighted by molar-refractivity contribution is 0.514. The summed E-state index contributed by atoms with van der Waals surface area (Å²) in [5, 5.41) is 1.51. The van der Waals surface area contributed by atoms with Gasteiger partial charge >= 0.3 is 0 Å². The van der Waals surface area contributed by atoms with E-state index in [0.717, 1.165) is 0 Å². The van der Waals surface area contributed by atoms with Crippen LogP contribution in [0.1, 0.15) is 187 Å². The van der Waals surface area contributed by atoms with E-state index in [4.69, 9.17) is 0 Å². The number of unbranched alkanes of at least 4 members (excludes halogenated alkanes) is 27. The van der Waals surface area contributed by atoms with Crippen LogP contribution in [0.3, 0.4) is 0 Å². The minimum absolute atomic E-state index is 1.38. The molecule has 0 spiro atoms. The van der Waals surface area contributed by atoms with Crippen LogP contribution in [0.25, 0.3) is 0 Å². The van der Waals surface area contributed by atoms with Gasteiger partial charge in [0.25, 0.3) is 0 Å². The summed E-state index contributed by atoms with van der Waals surface area (Å²) in [5.41, 5.74) is 0. The van der Waals surface area contributed by atoms with Crippen LogP contribution in [0.5, 0.6) is 0 Å². The molecule has 0 aromatic rings. The average Bonchev–Trinajstić information content (AvgIpc) is 2.78. The van der Waals surface area contributed by atoms with E-state index in [-0.39, 0.29) is 0 Å². The molecule has 186 valence electrons. The van der Waals surface area contributed by atoms with E-state index in [9.17, 15) is 0 Å². The highest BCUT2D eigenvalue weighted by atomic mass is 27.0. The SMILES string of the molecule is CCCCCCCCCCCCCCCCCCCCCCCCCCCCC[CH2][AlH2]. The minimum atomic E-state index is 1.38. The molecule has 0 amide bonds. The van der Waals surface area contributed by atoms with Crippen LogP contribution in [-0.2, 0) is 0 Å². The lowest BCUT2D eigenvalue weighted by Crippen LogP contribution is -1.85. The fraction of sp³-hybridized carbons (Fsp3) is 1.00. The van der Waals surface area contributed by atoms with E-state index >= 15 is 0 Å². The third-order valence-electron chi connectivity index (χ3n) is 7.21. The first-order valence-corrected chi connectivity index (χ1v) is 16.8. The molecule has 0 N–H and O–H groups in total. The molecule has 0 aliphatic rings. The van der Waals surface area contributed by atoms with Gasteiger partial charge in [0.1, 0.15) is 0 Å². The number of hydrogen-bond acceptors (Lipinski definition) is 0. The summed E-state index contributed by atoms with van der Waals surface area (Å²) in [4.78, 5) is 0. The van der Waals surface area contributed by atoms with Gasteiger partial charge in [-0.25, -0.2) is 0 Å². The molecule has 0 aliphatic heterocycles. The fourth-order valence-electron chi connectivity index (χ4n) is 4.92. The lowest BCUT2D eigenvalue weighted by Gasteiger charge is -2.04. The summed E-state index contributed by atoms with van der Waals surface area (Å²) < 4.78 is 0. The van der Waals surface area contributed by atoms with Crippen LogP contribution in [0.2, 0.25) is 5.28 Å². The van der Waals surface area contributed by atoms with Crippen molar-refractivity contribution in [1.82, 2.24) is 0 Å². The van der Waals surface area contributed by atoms with Gasteiger partial charge in [-0.1, -0.05) is 187 Å². The molecule has 0 nitrogen and oxygen atoms in total. The Morgan fingerprint density at radius 1 is 0.258 bits per heavy atom. The monoisotopic (exact) mass is 450 g/mol. The first kappa shape index (κ1) is 31.5. The third kappa shape index (κ3) is 30.5. The van der Waals surface area contributed by atoms with Gasteiger partial charge in [-0.3, -0.25) is 0 Å². The Balaban J connectivity index is 2.98. The zero-order valence-corrected chi connectivity index (χ0v) is 24.5. The predicted molar refractivity (Wildman–Crippen MR) is 148 cm³/mol. The van der Waals surface area contributed by atoms with E-state index in [1.807, 2.05) is 0 Å². The zero-order valence-electron chi connectivity index (χ0n) is 22.5. The Morgan fingerprint density at radius 2 is 0.419 bits per heavy atom. The molecule has 0 atom stereocenters. The first-order chi connectivity index (χ1) is 15.4. The number of hydrogen-bond donors (Lipinski definition) is 0. The summed E-state index contributed by atoms with van der Waals surface area (Å²) in [6, 6.07) is 0. The Morgan fingerprint density at radius 3 is 0.581 bits per heavy atom. The lowest BCUT2D eigenvalue weighted by atomic mass is 10.0. The van der Waals surface area contributed by atoms with E-state index in [0.29, 0.717) is 0 Å². The van der Waals surface area contributed by atoms with Crippen molar-refractivity contribution in [3.63, 3.8) is 0 Å². The Hall–Kier alpha value is 0.532. The maximum atomic E-state index is 2.31. The molecular weight excluding hydrogens is 387 g/mol. The van der Waals surface area contributed by atoms with Crippen molar-refractivity contribution in [2.75, 3.05) is 0 Å². The molecule has 0 aliphatic carbocycles. The second-order valence-electron chi connectivity index (χ2n) is 10.5.